The molecule has 28 heavy (non-hydrogen) atoms. The molecule has 0 fully saturated rings. The molecule has 0 bridgehead atoms. The van der Waals surface area contributed by atoms with Crippen molar-refractivity contribution in [1.82, 2.24) is 10.3 Å². The Kier molecular flexibility index (Phi) is 7.89. The average Bonchev–Trinajstić information content (AvgIpc) is 3.13. The number of nitrogens with one attached hydrogen (secondary N) is 1. The van der Waals surface area contributed by atoms with Gasteiger partial charge in [-0.15, -0.1) is 11.3 Å². The second-order valence-electron chi connectivity index (χ2n) is 6.20. The zero-order valence-electron chi connectivity index (χ0n) is 15.2. The van der Waals surface area contributed by atoms with Gasteiger partial charge in [0.2, 0.25) is 5.91 Å². The van der Waals surface area contributed by atoms with Gasteiger partial charge in [0.15, 0.2) is 0 Å². The second-order valence-corrected chi connectivity index (χ2v) is 8.43. The molecule has 1 amide bonds. The number of nitrogens with zero attached hydrogens (tertiary/aromatic N) is 1. The van der Waals surface area contributed by atoms with Crippen LogP contribution in [0.15, 0.2) is 58.4 Å². The Morgan fingerprint density at radius 1 is 1.21 bits per heavy atom. The molecule has 0 aliphatic heterocycles. The molecular weight excluding hydrogens is 460 g/mol. The van der Waals surface area contributed by atoms with Gasteiger partial charge in [0, 0.05) is 23.2 Å². The number of thiazole rings is 1. The third kappa shape index (κ3) is 6.62. The fourth-order valence-electron chi connectivity index (χ4n) is 2.57. The quantitative estimate of drug-likeness (QED) is 0.405. The van der Waals surface area contributed by atoms with Gasteiger partial charge in [0.1, 0.15) is 5.75 Å². The molecule has 1 aromatic heterocycles. The van der Waals surface area contributed by atoms with Crippen LogP contribution < -0.4 is 10.1 Å². The Balaban J connectivity index is 1.35. The smallest absolute Gasteiger partial charge is 0.220 e. The Bertz CT molecular complexity index is 918. The summed E-state index contributed by atoms with van der Waals surface area (Å²) in [6, 6.07) is 15.6. The number of amides is 1. The summed E-state index contributed by atoms with van der Waals surface area (Å²) in [6.45, 7) is 0.916. The van der Waals surface area contributed by atoms with E-state index in [1.165, 1.54) is 5.56 Å². The molecule has 3 rings (SSSR count). The molecule has 2 aromatic carbocycles. The van der Waals surface area contributed by atoms with Gasteiger partial charge in [-0.2, -0.15) is 0 Å². The fourth-order valence-corrected chi connectivity index (χ4v) is 4.19. The van der Waals surface area contributed by atoms with Gasteiger partial charge >= 0.3 is 0 Å². The molecule has 0 unspecified atom stereocenters. The van der Waals surface area contributed by atoms with E-state index in [1.807, 2.05) is 29.6 Å². The third-order valence-electron chi connectivity index (χ3n) is 3.96. The Labute approximate surface area is 182 Å². The lowest BCUT2D eigenvalue weighted by Crippen LogP contribution is -2.23. The molecule has 1 N–H and O–H groups in total. The van der Waals surface area contributed by atoms with Crippen LogP contribution in [-0.2, 0) is 17.8 Å². The lowest BCUT2D eigenvalue weighted by Gasteiger charge is -2.08. The second kappa shape index (κ2) is 10.6. The summed E-state index contributed by atoms with van der Waals surface area (Å²) in [4.78, 5) is 16.6. The molecule has 7 heteroatoms. The van der Waals surface area contributed by atoms with Gasteiger partial charge in [-0.1, -0.05) is 41.9 Å². The predicted molar refractivity (Wildman–Crippen MR) is 117 cm³/mol. The first-order chi connectivity index (χ1) is 13.6. The van der Waals surface area contributed by atoms with E-state index >= 15 is 0 Å². The number of aromatic nitrogens is 1. The van der Waals surface area contributed by atoms with Gasteiger partial charge in [-0.05, 0) is 46.1 Å². The number of ether oxygens (including phenoxy) is 1. The largest absolute Gasteiger partial charge is 0.492 e. The highest BCUT2D eigenvalue weighted by Crippen LogP contribution is 2.28. The molecular formula is C21H20BrClN2O2S. The summed E-state index contributed by atoms with van der Waals surface area (Å²) < 4.78 is 6.47. The fraction of sp³-hybridized carbons (Fsp3) is 0.238. The minimum absolute atomic E-state index is 0.00335. The zero-order valence-corrected chi connectivity index (χ0v) is 18.3. The van der Waals surface area contributed by atoms with E-state index in [1.54, 1.807) is 23.5 Å². The highest BCUT2D eigenvalue weighted by molar-refractivity contribution is 9.10. The van der Waals surface area contributed by atoms with Crippen LogP contribution in [0.5, 0.6) is 5.75 Å². The maximum atomic E-state index is 12.0. The van der Waals surface area contributed by atoms with Crippen molar-refractivity contribution in [2.45, 2.75) is 25.8 Å². The Morgan fingerprint density at radius 2 is 2.04 bits per heavy atom. The molecule has 146 valence electrons. The molecule has 0 radical (unpaired) electrons. The lowest BCUT2D eigenvalue weighted by atomic mass is 10.2. The Morgan fingerprint density at radius 3 is 2.82 bits per heavy atom. The van der Waals surface area contributed by atoms with Gasteiger partial charge in [-0.25, -0.2) is 4.98 Å². The first-order valence-corrected chi connectivity index (χ1v) is 11.0. The molecule has 4 nitrogen and oxygen atoms in total. The van der Waals surface area contributed by atoms with Crippen molar-refractivity contribution >= 4 is 44.8 Å². The third-order valence-corrected chi connectivity index (χ3v) is 5.72. The van der Waals surface area contributed by atoms with E-state index in [0.29, 0.717) is 31.0 Å². The van der Waals surface area contributed by atoms with Crippen LogP contribution in [0.4, 0.5) is 0 Å². The number of hydrogen-bond acceptors (Lipinski definition) is 4. The van der Waals surface area contributed by atoms with Crippen LogP contribution in [0.2, 0.25) is 5.02 Å². The van der Waals surface area contributed by atoms with Gasteiger partial charge in [0.05, 0.1) is 28.3 Å². The Hall–Kier alpha value is -1.89. The van der Waals surface area contributed by atoms with Crippen LogP contribution in [0, 0.1) is 0 Å². The number of carbonyl (C=O) groups is 1. The molecule has 1 heterocycles. The van der Waals surface area contributed by atoms with Crippen molar-refractivity contribution in [1.29, 1.82) is 0 Å². The van der Waals surface area contributed by atoms with Crippen molar-refractivity contribution in [3.05, 3.63) is 79.7 Å². The van der Waals surface area contributed by atoms with Crippen molar-refractivity contribution in [2.24, 2.45) is 0 Å². The molecule has 0 saturated carbocycles. The van der Waals surface area contributed by atoms with E-state index in [2.05, 4.69) is 38.4 Å². The summed E-state index contributed by atoms with van der Waals surface area (Å²) in [5.41, 5.74) is 2.13. The van der Waals surface area contributed by atoms with Crippen LogP contribution in [0.1, 0.15) is 29.1 Å². The predicted octanol–water partition coefficient (Wildman–Crippen LogP) is 5.63. The van der Waals surface area contributed by atoms with E-state index in [4.69, 9.17) is 16.3 Å². The monoisotopic (exact) mass is 478 g/mol. The number of benzene rings is 2. The van der Waals surface area contributed by atoms with Crippen molar-refractivity contribution in [3.63, 3.8) is 0 Å². The summed E-state index contributed by atoms with van der Waals surface area (Å²) in [6.07, 6.45) is 1.86. The van der Waals surface area contributed by atoms with E-state index in [0.717, 1.165) is 27.3 Å². The first kappa shape index (κ1) is 20.8. The SMILES string of the molecule is O=C(CCCOc1ccc(Cl)cc1Br)NCc1csc(Cc2ccccc2)n1. The maximum Gasteiger partial charge on any atom is 0.220 e. The van der Waals surface area contributed by atoms with Gasteiger partial charge < -0.3 is 10.1 Å². The highest BCUT2D eigenvalue weighted by Gasteiger charge is 2.07. The molecule has 0 aliphatic carbocycles. The molecule has 0 saturated heterocycles. The van der Waals surface area contributed by atoms with Crippen LogP contribution in [0.25, 0.3) is 0 Å². The minimum Gasteiger partial charge on any atom is -0.492 e. The number of carbonyl (C=O) groups excluding carboxylic acids is 1. The zero-order chi connectivity index (χ0) is 19.8. The van der Waals surface area contributed by atoms with Crippen LogP contribution in [0.3, 0.4) is 0 Å². The number of hydrogen-bond donors (Lipinski definition) is 1. The minimum atomic E-state index is -0.00335. The summed E-state index contributed by atoms with van der Waals surface area (Å²) in [5.74, 6) is 0.717. The molecule has 0 atom stereocenters. The lowest BCUT2D eigenvalue weighted by molar-refractivity contribution is -0.121. The molecule has 0 spiro atoms. The van der Waals surface area contributed by atoms with Gasteiger partial charge in [-0.3, -0.25) is 4.79 Å². The van der Waals surface area contributed by atoms with Gasteiger partial charge in [0.25, 0.3) is 0 Å². The van der Waals surface area contributed by atoms with Crippen molar-refractivity contribution in [3.8, 4) is 5.75 Å². The van der Waals surface area contributed by atoms with Crippen molar-refractivity contribution in [2.75, 3.05) is 6.61 Å². The molecule has 3 aromatic rings. The number of halogens is 2. The maximum absolute atomic E-state index is 12.0. The highest BCUT2D eigenvalue weighted by atomic mass is 79.9. The average molecular weight is 480 g/mol. The van der Waals surface area contributed by atoms with Crippen molar-refractivity contribution < 1.29 is 9.53 Å². The first-order valence-electron chi connectivity index (χ1n) is 8.92. The molecule has 0 aliphatic rings. The normalized spacial score (nSPS) is 10.6. The topological polar surface area (TPSA) is 51.2 Å². The summed E-state index contributed by atoms with van der Waals surface area (Å²) in [5, 5.41) is 6.62. The van der Waals surface area contributed by atoms with Crippen LogP contribution >= 0.6 is 38.9 Å². The van der Waals surface area contributed by atoms with E-state index < -0.39 is 0 Å². The number of rotatable bonds is 9. The standard InChI is InChI=1S/C21H20BrClN2O2S/c22-18-12-16(23)8-9-19(18)27-10-4-7-20(26)24-13-17-14-28-21(25-17)11-15-5-2-1-3-6-15/h1-3,5-6,8-9,12,14H,4,7,10-11,13H2,(H,24,26). The van der Waals surface area contributed by atoms with E-state index in [9.17, 15) is 4.79 Å². The van der Waals surface area contributed by atoms with Crippen LogP contribution in [-0.4, -0.2) is 17.5 Å². The van der Waals surface area contributed by atoms with E-state index in [-0.39, 0.29) is 5.91 Å². The summed E-state index contributed by atoms with van der Waals surface area (Å²) >= 11 is 10.9. The summed E-state index contributed by atoms with van der Waals surface area (Å²) in [7, 11) is 0.